The van der Waals surface area contributed by atoms with Crippen LogP contribution in [0.3, 0.4) is 0 Å². The number of benzodiazepines with no additional fused rings is 1. The van der Waals surface area contributed by atoms with Gasteiger partial charge in [-0.3, -0.25) is 15.2 Å². The molecule has 214 valence electrons. The summed E-state index contributed by atoms with van der Waals surface area (Å²) in [5, 5.41) is 13.3. The van der Waals surface area contributed by atoms with Gasteiger partial charge in [-0.25, -0.2) is 4.98 Å². The number of methoxy groups -OCH3 is 1. The number of thiazole rings is 1. The van der Waals surface area contributed by atoms with Gasteiger partial charge in [0.1, 0.15) is 15.4 Å². The highest BCUT2D eigenvalue weighted by atomic mass is 32.1. The minimum absolute atomic E-state index is 0.0501. The quantitative estimate of drug-likeness (QED) is 0.123. The minimum Gasteiger partial charge on any atom is -0.389 e. The molecule has 0 fully saturated rings. The lowest BCUT2D eigenvalue weighted by molar-refractivity contribution is -0.180. The van der Waals surface area contributed by atoms with Crippen LogP contribution in [0.4, 0.5) is 23.9 Å². The fraction of sp³-hybridized carbons (Fsp3) is 0.308. The molecule has 40 heavy (non-hydrogen) atoms. The third-order valence-electron chi connectivity index (χ3n) is 5.82. The first-order chi connectivity index (χ1) is 18.9. The standard InChI is InChI=1S/C15H13N3O.C11H17F3N4O2S/c16-14-15(19)17-12-9-5-4-8-11(12)13(18-14)10-6-2-1-3-7-10;1-10(2,11(12,13)14)9-18-6(7(15)20-16)8(21-9)17-4-5-19-3/h1-9,14H,16H2,(H,17,19);15,17H,4-5,16H2,1-3H3. The zero-order valence-corrected chi connectivity index (χ0v) is 22.8. The Labute approximate surface area is 233 Å². The number of carbonyl (C=O) groups is 1. The summed E-state index contributed by atoms with van der Waals surface area (Å²) in [6, 6.07) is 17.3. The number of rotatable bonds is 7. The maximum absolute atomic E-state index is 13.1. The van der Waals surface area contributed by atoms with E-state index in [0.717, 1.165) is 47.7 Å². The van der Waals surface area contributed by atoms with Crippen LogP contribution < -0.4 is 22.3 Å². The zero-order chi connectivity index (χ0) is 29.5. The van der Waals surface area contributed by atoms with E-state index in [4.69, 9.17) is 21.8 Å². The van der Waals surface area contributed by atoms with Crippen molar-refractivity contribution in [3.05, 3.63) is 76.4 Å². The lowest BCUT2D eigenvalue weighted by Crippen LogP contribution is -2.36. The molecule has 1 atom stereocenters. The number of hydrogen-bond donors (Lipinski definition) is 5. The number of carbonyl (C=O) groups excluding carboxylic acids is 1. The summed E-state index contributed by atoms with van der Waals surface area (Å²) < 4.78 is 44.0. The Morgan fingerprint density at radius 2 is 1.80 bits per heavy atom. The van der Waals surface area contributed by atoms with Crippen molar-refractivity contribution < 1.29 is 27.5 Å². The molecule has 0 aliphatic carbocycles. The number of aliphatic imine (C=N–C) groups is 1. The van der Waals surface area contributed by atoms with Gasteiger partial charge in [-0.05, 0) is 19.9 Å². The van der Waals surface area contributed by atoms with Crippen LogP contribution in [0, 0.1) is 5.41 Å². The van der Waals surface area contributed by atoms with Crippen LogP contribution in [0.1, 0.15) is 35.7 Å². The predicted octanol–water partition coefficient (Wildman–Crippen LogP) is 4.02. The van der Waals surface area contributed by atoms with Crippen molar-refractivity contribution in [2.75, 3.05) is 30.9 Å². The zero-order valence-electron chi connectivity index (χ0n) is 22.0. The molecular formula is C26H30F3N7O3S. The number of para-hydroxylation sites is 1. The number of amides is 1. The van der Waals surface area contributed by atoms with E-state index in [2.05, 4.69) is 25.4 Å². The van der Waals surface area contributed by atoms with E-state index in [9.17, 15) is 18.0 Å². The summed E-state index contributed by atoms with van der Waals surface area (Å²) in [5.41, 5.74) is 6.91. The first kappa shape index (κ1) is 30.7. The van der Waals surface area contributed by atoms with Crippen molar-refractivity contribution in [3.8, 4) is 0 Å². The molecule has 2 heterocycles. The van der Waals surface area contributed by atoms with Crippen LogP contribution in [-0.4, -0.2) is 55.1 Å². The van der Waals surface area contributed by atoms with E-state index in [1.54, 1.807) is 0 Å². The maximum atomic E-state index is 13.1. The van der Waals surface area contributed by atoms with Gasteiger partial charge in [0.2, 0.25) is 0 Å². The number of nitrogens with zero attached hydrogens (tertiary/aromatic N) is 2. The molecule has 7 N–H and O–H groups in total. The highest BCUT2D eigenvalue weighted by molar-refractivity contribution is 7.16. The van der Waals surface area contributed by atoms with Crippen molar-refractivity contribution in [2.24, 2.45) is 16.6 Å². The number of aromatic nitrogens is 1. The molecule has 14 heteroatoms. The summed E-state index contributed by atoms with van der Waals surface area (Å²) in [7, 11) is 1.50. The number of nitrogens with two attached hydrogens (primary N) is 2. The Balaban J connectivity index is 0.000000221. The minimum atomic E-state index is -4.46. The molecule has 0 radical (unpaired) electrons. The van der Waals surface area contributed by atoms with E-state index in [-0.39, 0.29) is 21.6 Å². The Morgan fingerprint density at radius 3 is 2.42 bits per heavy atom. The molecule has 3 aromatic rings. The van der Waals surface area contributed by atoms with Gasteiger partial charge >= 0.3 is 6.18 Å². The molecule has 0 saturated carbocycles. The Hall–Kier alpha value is -3.85. The van der Waals surface area contributed by atoms with Crippen LogP contribution in [0.25, 0.3) is 0 Å². The smallest absolute Gasteiger partial charge is 0.389 e. The fourth-order valence-electron chi connectivity index (χ4n) is 3.40. The van der Waals surface area contributed by atoms with Gasteiger partial charge in [0, 0.05) is 24.8 Å². The SMILES string of the molecule is COCCNc1sc(C(C)(C)C(F)(F)F)nc1C(=N)ON.NC1N=C(c2ccccc2)c2ccccc2NC1=O. The van der Waals surface area contributed by atoms with Crippen molar-refractivity contribution >= 4 is 39.5 Å². The molecule has 1 unspecified atom stereocenters. The molecule has 1 amide bonds. The number of hydrogen-bond acceptors (Lipinski definition) is 10. The Morgan fingerprint density at radius 1 is 1.15 bits per heavy atom. The van der Waals surface area contributed by atoms with Crippen LogP contribution in [0.5, 0.6) is 0 Å². The number of fused-ring (bicyclic) bond motifs is 1. The second-order valence-corrected chi connectivity index (χ2v) is 10.0. The van der Waals surface area contributed by atoms with Gasteiger partial charge in [-0.15, -0.1) is 0 Å². The fourth-order valence-corrected chi connectivity index (χ4v) is 4.51. The summed E-state index contributed by atoms with van der Waals surface area (Å²) >= 11 is 0.813. The number of halogens is 3. The van der Waals surface area contributed by atoms with Crippen LogP contribution in [0.15, 0.2) is 59.6 Å². The van der Waals surface area contributed by atoms with Gasteiger partial charge in [0.15, 0.2) is 11.9 Å². The van der Waals surface area contributed by atoms with Crippen molar-refractivity contribution in [2.45, 2.75) is 31.6 Å². The molecule has 0 spiro atoms. The van der Waals surface area contributed by atoms with E-state index in [0.29, 0.717) is 13.2 Å². The molecule has 0 saturated heterocycles. The van der Waals surface area contributed by atoms with E-state index < -0.39 is 23.7 Å². The molecule has 4 rings (SSSR count). The van der Waals surface area contributed by atoms with E-state index in [1.165, 1.54) is 7.11 Å². The highest BCUT2D eigenvalue weighted by Gasteiger charge is 2.51. The second-order valence-electron chi connectivity index (χ2n) is 9.01. The van der Waals surface area contributed by atoms with Gasteiger partial charge in [-0.2, -0.15) is 19.1 Å². The predicted molar refractivity (Wildman–Crippen MR) is 149 cm³/mol. The summed E-state index contributed by atoms with van der Waals surface area (Å²) in [5.74, 6) is 4.10. The van der Waals surface area contributed by atoms with Crippen molar-refractivity contribution in [1.29, 1.82) is 5.41 Å². The summed E-state index contributed by atoms with van der Waals surface area (Å²) in [4.78, 5) is 24.3. The molecular weight excluding hydrogens is 547 g/mol. The number of alkyl halides is 3. The highest BCUT2D eigenvalue weighted by Crippen LogP contribution is 2.43. The maximum Gasteiger partial charge on any atom is 0.400 e. The third-order valence-corrected chi connectivity index (χ3v) is 7.16. The third kappa shape index (κ3) is 7.01. The molecule has 2 aromatic carbocycles. The molecule has 1 aromatic heterocycles. The average molecular weight is 578 g/mol. The molecule has 1 aliphatic heterocycles. The number of ether oxygens (including phenoxy) is 1. The topological polar surface area (TPSA) is 161 Å². The Bertz CT molecular complexity index is 1360. The van der Waals surface area contributed by atoms with Gasteiger partial charge in [0.25, 0.3) is 11.8 Å². The van der Waals surface area contributed by atoms with E-state index >= 15 is 0 Å². The van der Waals surface area contributed by atoms with Crippen LogP contribution >= 0.6 is 11.3 Å². The second kappa shape index (κ2) is 13.0. The first-order valence-corrected chi connectivity index (χ1v) is 12.8. The lowest BCUT2D eigenvalue weighted by atomic mass is 9.94. The number of anilines is 2. The number of nitrogens with one attached hydrogen (secondary N) is 3. The monoisotopic (exact) mass is 577 g/mol. The summed E-state index contributed by atoms with van der Waals surface area (Å²) in [6.07, 6.45) is -5.35. The first-order valence-electron chi connectivity index (χ1n) is 12.0. The van der Waals surface area contributed by atoms with Gasteiger partial charge in [-0.1, -0.05) is 59.9 Å². The Kier molecular flexibility index (Phi) is 9.98. The van der Waals surface area contributed by atoms with Gasteiger partial charge in [0.05, 0.1) is 18.0 Å². The van der Waals surface area contributed by atoms with Crippen molar-refractivity contribution in [3.63, 3.8) is 0 Å². The average Bonchev–Trinajstić information content (AvgIpc) is 3.31. The van der Waals surface area contributed by atoms with E-state index in [1.807, 2.05) is 54.6 Å². The van der Waals surface area contributed by atoms with Crippen LogP contribution in [0.2, 0.25) is 0 Å². The van der Waals surface area contributed by atoms with Crippen molar-refractivity contribution in [1.82, 2.24) is 4.98 Å². The lowest BCUT2D eigenvalue weighted by Gasteiger charge is -2.24. The normalized spacial score (nSPS) is 15.1. The number of benzene rings is 2. The summed E-state index contributed by atoms with van der Waals surface area (Å²) in [6.45, 7) is 2.77. The molecule has 0 bridgehead atoms. The molecule has 1 aliphatic rings. The largest absolute Gasteiger partial charge is 0.400 e. The molecule has 10 nitrogen and oxygen atoms in total. The van der Waals surface area contributed by atoms with Gasteiger partial charge < -0.3 is 25.9 Å². The van der Waals surface area contributed by atoms with Crippen LogP contribution in [-0.2, 0) is 19.8 Å².